The van der Waals surface area contributed by atoms with Gasteiger partial charge in [-0.15, -0.1) is 0 Å². The second-order valence-corrected chi connectivity index (χ2v) is 6.61. The van der Waals surface area contributed by atoms with Crippen molar-refractivity contribution in [3.8, 4) is 0 Å². The van der Waals surface area contributed by atoms with Gasteiger partial charge in [0.2, 0.25) is 0 Å². The Morgan fingerprint density at radius 1 is 1.37 bits per heavy atom. The molecule has 2 rings (SSSR count). The number of halogens is 1. The highest BCUT2D eigenvalue weighted by Gasteiger charge is 2.26. The van der Waals surface area contributed by atoms with Gasteiger partial charge in [0.05, 0.1) is 10.7 Å². The summed E-state index contributed by atoms with van der Waals surface area (Å²) in [5.41, 5.74) is 8.24. The van der Waals surface area contributed by atoms with Crippen LogP contribution < -0.4 is 10.6 Å². The molecule has 0 aliphatic carbocycles. The van der Waals surface area contributed by atoms with Gasteiger partial charge in [-0.1, -0.05) is 31.5 Å². The predicted molar refractivity (Wildman–Crippen MR) is 84.0 cm³/mol. The summed E-state index contributed by atoms with van der Waals surface area (Å²) in [6.45, 7) is 8.89. The van der Waals surface area contributed by atoms with Crippen molar-refractivity contribution in [2.75, 3.05) is 18.0 Å². The Hall–Kier alpha value is -0.730. The van der Waals surface area contributed by atoms with Gasteiger partial charge >= 0.3 is 0 Å². The summed E-state index contributed by atoms with van der Waals surface area (Å²) in [6, 6.07) is 6.57. The maximum Gasteiger partial charge on any atom is 0.0642 e. The van der Waals surface area contributed by atoms with Crippen LogP contribution in [0.2, 0.25) is 5.02 Å². The normalized spacial score (nSPS) is 21.2. The van der Waals surface area contributed by atoms with Gasteiger partial charge in [0.25, 0.3) is 0 Å². The van der Waals surface area contributed by atoms with E-state index in [4.69, 9.17) is 17.3 Å². The molecule has 1 aliphatic heterocycles. The van der Waals surface area contributed by atoms with Gasteiger partial charge in [-0.3, -0.25) is 0 Å². The average molecular weight is 281 g/mol. The van der Waals surface area contributed by atoms with Gasteiger partial charge in [-0.25, -0.2) is 0 Å². The van der Waals surface area contributed by atoms with Gasteiger partial charge in [0, 0.05) is 19.1 Å². The Morgan fingerprint density at radius 2 is 2.11 bits per heavy atom. The molecule has 19 heavy (non-hydrogen) atoms. The summed E-state index contributed by atoms with van der Waals surface area (Å²) in [5, 5.41) is 0.863. The molecule has 0 aromatic heterocycles. The molecule has 1 aromatic rings. The summed E-state index contributed by atoms with van der Waals surface area (Å²) >= 11 is 6.44. The highest BCUT2D eigenvalue weighted by molar-refractivity contribution is 6.33. The molecule has 0 radical (unpaired) electrons. The van der Waals surface area contributed by atoms with E-state index in [1.165, 1.54) is 17.7 Å². The minimum Gasteiger partial charge on any atom is -0.370 e. The third kappa shape index (κ3) is 3.64. The highest BCUT2D eigenvalue weighted by Crippen LogP contribution is 2.33. The number of nitrogens with zero attached hydrogens (tertiary/aromatic N) is 1. The molecule has 0 amide bonds. The van der Waals surface area contributed by atoms with Crippen LogP contribution in [0.3, 0.4) is 0 Å². The summed E-state index contributed by atoms with van der Waals surface area (Å²) in [7, 11) is 0. The Balaban J connectivity index is 2.09. The van der Waals surface area contributed by atoms with Crippen LogP contribution in [0.4, 0.5) is 5.69 Å². The maximum absolute atomic E-state index is 6.44. The van der Waals surface area contributed by atoms with Crippen molar-refractivity contribution in [3.05, 3.63) is 28.8 Å². The molecular formula is C16H25ClN2. The molecule has 1 fully saturated rings. The molecule has 1 aliphatic rings. The van der Waals surface area contributed by atoms with E-state index in [1.807, 2.05) is 6.92 Å². The van der Waals surface area contributed by atoms with Gasteiger partial charge in [-0.05, 0) is 49.3 Å². The monoisotopic (exact) mass is 280 g/mol. The van der Waals surface area contributed by atoms with Crippen molar-refractivity contribution >= 4 is 17.3 Å². The lowest BCUT2D eigenvalue weighted by Gasteiger charge is -2.22. The van der Waals surface area contributed by atoms with Crippen LogP contribution in [0.5, 0.6) is 0 Å². The summed E-state index contributed by atoms with van der Waals surface area (Å²) in [4.78, 5) is 2.42. The molecule has 106 valence electrons. The smallest absolute Gasteiger partial charge is 0.0642 e. The summed E-state index contributed by atoms with van der Waals surface area (Å²) in [5.74, 6) is 1.54. The average Bonchev–Trinajstić information content (AvgIpc) is 2.77. The molecule has 2 atom stereocenters. The number of hydrogen-bond donors (Lipinski definition) is 1. The SMILES string of the molecule is CC(N)Cc1ccc(N2CCC(C(C)C)C2)c(Cl)c1. The standard InChI is InChI=1S/C16H25ClN2/c1-11(2)14-6-7-19(10-14)16-5-4-13(8-12(3)18)9-15(16)17/h4-5,9,11-12,14H,6-8,10,18H2,1-3H3. The van der Waals surface area contributed by atoms with Crippen molar-refractivity contribution in [3.63, 3.8) is 0 Å². The van der Waals surface area contributed by atoms with Crippen LogP contribution in [-0.2, 0) is 6.42 Å². The fourth-order valence-corrected chi connectivity index (χ4v) is 3.18. The second kappa shape index (κ2) is 6.15. The number of benzene rings is 1. The Labute approximate surface area is 121 Å². The first-order valence-electron chi connectivity index (χ1n) is 7.26. The van der Waals surface area contributed by atoms with Crippen molar-refractivity contribution in [1.82, 2.24) is 0 Å². The minimum atomic E-state index is 0.180. The molecular weight excluding hydrogens is 256 g/mol. The molecule has 3 heteroatoms. The van der Waals surface area contributed by atoms with Gasteiger partial charge in [0.15, 0.2) is 0 Å². The fourth-order valence-electron chi connectivity index (χ4n) is 2.86. The van der Waals surface area contributed by atoms with E-state index in [9.17, 15) is 0 Å². The Bertz CT molecular complexity index is 429. The molecule has 0 bridgehead atoms. The third-order valence-electron chi connectivity index (χ3n) is 4.08. The van der Waals surface area contributed by atoms with Crippen LogP contribution in [0.15, 0.2) is 18.2 Å². The molecule has 1 heterocycles. The quantitative estimate of drug-likeness (QED) is 0.911. The van der Waals surface area contributed by atoms with Crippen LogP contribution >= 0.6 is 11.6 Å². The van der Waals surface area contributed by atoms with Crippen LogP contribution in [-0.4, -0.2) is 19.1 Å². The molecule has 2 nitrogen and oxygen atoms in total. The van der Waals surface area contributed by atoms with E-state index < -0.39 is 0 Å². The number of rotatable bonds is 4. The lowest BCUT2D eigenvalue weighted by Crippen LogP contribution is -2.22. The first-order chi connectivity index (χ1) is 8.97. The Morgan fingerprint density at radius 3 is 2.63 bits per heavy atom. The van der Waals surface area contributed by atoms with Crippen LogP contribution in [0.1, 0.15) is 32.8 Å². The molecule has 0 spiro atoms. The van der Waals surface area contributed by atoms with Gasteiger partial charge in [0.1, 0.15) is 0 Å². The topological polar surface area (TPSA) is 29.3 Å². The first kappa shape index (κ1) is 14.7. The van der Waals surface area contributed by atoms with Crippen molar-refractivity contribution < 1.29 is 0 Å². The molecule has 2 N–H and O–H groups in total. The number of hydrogen-bond acceptors (Lipinski definition) is 2. The highest BCUT2D eigenvalue weighted by atomic mass is 35.5. The van der Waals surface area contributed by atoms with E-state index >= 15 is 0 Å². The molecule has 0 saturated carbocycles. The minimum absolute atomic E-state index is 0.180. The zero-order valence-electron chi connectivity index (χ0n) is 12.2. The lowest BCUT2D eigenvalue weighted by molar-refractivity contribution is 0.423. The second-order valence-electron chi connectivity index (χ2n) is 6.21. The number of nitrogens with two attached hydrogens (primary N) is 1. The number of anilines is 1. The Kier molecular flexibility index (Phi) is 4.75. The van der Waals surface area contributed by atoms with Gasteiger partial charge < -0.3 is 10.6 Å². The zero-order valence-corrected chi connectivity index (χ0v) is 13.0. The van der Waals surface area contributed by atoms with E-state index in [2.05, 4.69) is 36.9 Å². The lowest BCUT2D eigenvalue weighted by atomic mass is 9.95. The predicted octanol–water partition coefficient (Wildman–Crippen LogP) is 3.71. The van der Waals surface area contributed by atoms with E-state index in [-0.39, 0.29) is 6.04 Å². The molecule has 1 saturated heterocycles. The van der Waals surface area contributed by atoms with Gasteiger partial charge in [-0.2, -0.15) is 0 Å². The first-order valence-corrected chi connectivity index (χ1v) is 7.64. The van der Waals surface area contributed by atoms with Crippen molar-refractivity contribution in [2.24, 2.45) is 17.6 Å². The summed E-state index contributed by atoms with van der Waals surface area (Å²) in [6.07, 6.45) is 2.16. The largest absolute Gasteiger partial charge is 0.370 e. The summed E-state index contributed by atoms with van der Waals surface area (Å²) < 4.78 is 0. The van der Waals surface area contributed by atoms with Crippen LogP contribution in [0, 0.1) is 11.8 Å². The van der Waals surface area contributed by atoms with E-state index in [0.717, 1.165) is 36.4 Å². The van der Waals surface area contributed by atoms with E-state index in [0.29, 0.717) is 0 Å². The maximum atomic E-state index is 6.44. The third-order valence-corrected chi connectivity index (χ3v) is 4.38. The van der Waals surface area contributed by atoms with Crippen LogP contribution in [0.25, 0.3) is 0 Å². The molecule has 2 unspecified atom stereocenters. The zero-order chi connectivity index (χ0) is 14.0. The van der Waals surface area contributed by atoms with Crippen molar-refractivity contribution in [2.45, 2.75) is 39.7 Å². The molecule has 1 aromatic carbocycles. The van der Waals surface area contributed by atoms with E-state index in [1.54, 1.807) is 0 Å². The fraction of sp³-hybridized carbons (Fsp3) is 0.625. The van der Waals surface area contributed by atoms with Crippen molar-refractivity contribution in [1.29, 1.82) is 0 Å².